The Bertz CT molecular complexity index is 2020. The monoisotopic (exact) mass is 572 g/mol. The van der Waals surface area contributed by atoms with Gasteiger partial charge >= 0.3 is 6.09 Å². The lowest BCUT2D eigenvalue weighted by Gasteiger charge is -2.33. The highest BCUT2D eigenvalue weighted by Gasteiger charge is 2.23. The Morgan fingerprint density at radius 2 is 1.72 bits per heavy atom. The van der Waals surface area contributed by atoms with Gasteiger partial charge in [-0.2, -0.15) is 10.5 Å². The van der Waals surface area contributed by atoms with E-state index in [1.54, 1.807) is 12.4 Å². The van der Waals surface area contributed by atoms with Gasteiger partial charge < -0.3 is 19.5 Å². The van der Waals surface area contributed by atoms with E-state index < -0.39 is 11.5 Å². The molecule has 0 bridgehead atoms. The lowest BCUT2D eigenvalue weighted by Crippen LogP contribution is -2.48. The fourth-order valence-corrected chi connectivity index (χ4v) is 5.42. The van der Waals surface area contributed by atoms with Gasteiger partial charge in [-0.05, 0) is 55.8 Å². The topological polar surface area (TPSA) is 152 Å². The number of carbonyl (C=O) groups is 1. The third-order valence-corrected chi connectivity index (χ3v) is 7.94. The van der Waals surface area contributed by atoms with E-state index in [2.05, 4.69) is 37.0 Å². The predicted molar refractivity (Wildman–Crippen MR) is 160 cm³/mol. The Morgan fingerprint density at radius 1 is 0.953 bits per heavy atom. The van der Waals surface area contributed by atoms with E-state index in [-0.39, 0.29) is 0 Å². The minimum Gasteiger partial charge on any atom is -0.465 e. The SMILES string of the molecule is Cn1c(=NC#N)n(-c2ccc(C(C)(C)C#N)nc2)c2c3cc(-c4ccc(N5CCN(C(=O)O)CC5)nc4)ccc3ncc21. The molecule has 1 amide bonds. The summed E-state index contributed by atoms with van der Waals surface area (Å²) in [7, 11) is 1.84. The first-order valence-corrected chi connectivity index (χ1v) is 13.7. The van der Waals surface area contributed by atoms with Crippen molar-refractivity contribution in [1.29, 1.82) is 10.5 Å². The Balaban J connectivity index is 1.45. The third kappa shape index (κ3) is 4.79. The maximum Gasteiger partial charge on any atom is 0.407 e. The number of nitrogens with zero attached hydrogens (tertiary/aromatic N) is 10. The van der Waals surface area contributed by atoms with Gasteiger partial charge in [-0.25, -0.2) is 9.78 Å². The molecule has 5 heterocycles. The molecule has 0 aliphatic carbocycles. The highest BCUT2D eigenvalue weighted by atomic mass is 16.4. The first-order valence-electron chi connectivity index (χ1n) is 13.7. The van der Waals surface area contributed by atoms with Gasteiger partial charge in [0.25, 0.3) is 0 Å². The van der Waals surface area contributed by atoms with E-state index in [9.17, 15) is 20.4 Å². The van der Waals surface area contributed by atoms with Crippen molar-refractivity contribution in [2.24, 2.45) is 12.0 Å². The fraction of sp³-hybridized carbons (Fsp3) is 0.258. The summed E-state index contributed by atoms with van der Waals surface area (Å²) in [6.45, 7) is 5.70. The van der Waals surface area contributed by atoms with Crippen LogP contribution in [0.15, 0.2) is 66.0 Å². The molecule has 12 nitrogen and oxygen atoms in total. The second kappa shape index (κ2) is 10.6. The van der Waals surface area contributed by atoms with Crippen LogP contribution >= 0.6 is 0 Å². The molecule has 1 N–H and O–H groups in total. The summed E-state index contributed by atoms with van der Waals surface area (Å²) in [5, 5.41) is 29.2. The molecule has 5 aromatic rings. The number of piperazine rings is 1. The van der Waals surface area contributed by atoms with E-state index in [1.165, 1.54) is 4.90 Å². The smallest absolute Gasteiger partial charge is 0.407 e. The molecule has 0 unspecified atom stereocenters. The van der Waals surface area contributed by atoms with Crippen LogP contribution in [0.1, 0.15) is 19.5 Å². The normalized spacial score (nSPS) is 14.2. The van der Waals surface area contributed by atoms with Crippen LogP contribution in [0.4, 0.5) is 10.6 Å². The van der Waals surface area contributed by atoms with Crippen molar-refractivity contribution in [2.75, 3.05) is 31.1 Å². The summed E-state index contributed by atoms with van der Waals surface area (Å²) >= 11 is 0. The van der Waals surface area contributed by atoms with E-state index >= 15 is 0 Å². The molecule has 0 radical (unpaired) electrons. The van der Waals surface area contributed by atoms with Crippen LogP contribution in [0.2, 0.25) is 0 Å². The van der Waals surface area contributed by atoms with Crippen molar-refractivity contribution in [3.63, 3.8) is 0 Å². The average Bonchev–Trinajstić information content (AvgIpc) is 3.32. The molecular weight excluding hydrogens is 544 g/mol. The summed E-state index contributed by atoms with van der Waals surface area (Å²) in [5.74, 6) is 0.804. The van der Waals surface area contributed by atoms with E-state index in [0.717, 1.165) is 38.9 Å². The molecular formula is C31H28N10O2. The summed E-state index contributed by atoms with van der Waals surface area (Å²) < 4.78 is 3.71. The number of anilines is 1. The second-order valence-corrected chi connectivity index (χ2v) is 10.9. The van der Waals surface area contributed by atoms with Crippen LogP contribution in [0, 0.1) is 22.8 Å². The summed E-state index contributed by atoms with van der Waals surface area (Å²) in [6, 6.07) is 16.0. The number of fused-ring (bicyclic) bond motifs is 3. The molecule has 0 saturated carbocycles. The molecule has 1 saturated heterocycles. The van der Waals surface area contributed by atoms with Crippen molar-refractivity contribution in [3.05, 3.63) is 72.4 Å². The third-order valence-electron chi connectivity index (χ3n) is 7.94. The van der Waals surface area contributed by atoms with Gasteiger partial charge in [-0.1, -0.05) is 6.07 Å². The number of pyridine rings is 3. The molecule has 1 aromatic carbocycles. The quantitative estimate of drug-likeness (QED) is 0.318. The number of aryl methyl sites for hydroxylation is 1. The van der Waals surface area contributed by atoms with E-state index in [4.69, 9.17) is 0 Å². The number of aromatic nitrogens is 5. The van der Waals surface area contributed by atoms with Crippen LogP contribution in [-0.4, -0.2) is 66.4 Å². The lowest BCUT2D eigenvalue weighted by atomic mass is 9.91. The molecule has 214 valence electrons. The molecule has 1 aliphatic heterocycles. The Kier molecular flexibility index (Phi) is 6.75. The number of benzene rings is 1. The number of amides is 1. The molecule has 43 heavy (non-hydrogen) atoms. The van der Waals surface area contributed by atoms with Gasteiger partial charge in [-0.15, -0.1) is 4.99 Å². The number of carboxylic acid groups (broad SMARTS) is 1. The predicted octanol–water partition coefficient (Wildman–Crippen LogP) is 3.96. The van der Waals surface area contributed by atoms with E-state index in [1.807, 2.05) is 78.8 Å². The Labute approximate surface area is 247 Å². The van der Waals surface area contributed by atoms with Gasteiger partial charge in [0.05, 0.1) is 51.8 Å². The van der Waals surface area contributed by atoms with Crippen molar-refractivity contribution < 1.29 is 9.90 Å². The maximum absolute atomic E-state index is 11.2. The molecule has 6 rings (SSSR count). The van der Waals surface area contributed by atoms with E-state index in [0.29, 0.717) is 43.2 Å². The van der Waals surface area contributed by atoms with Gasteiger partial charge in [-0.3, -0.25) is 14.5 Å². The zero-order valence-corrected chi connectivity index (χ0v) is 23.9. The zero-order valence-electron chi connectivity index (χ0n) is 23.9. The van der Waals surface area contributed by atoms with Gasteiger partial charge in [0.15, 0.2) is 0 Å². The van der Waals surface area contributed by atoms with Crippen molar-refractivity contribution in [2.45, 2.75) is 19.3 Å². The van der Waals surface area contributed by atoms with Crippen molar-refractivity contribution in [3.8, 4) is 29.1 Å². The van der Waals surface area contributed by atoms with Crippen LogP contribution in [0.3, 0.4) is 0 Å². The molecule has 0 spiro atoms. The standard InChI is InChI=1S/C31H28N10O2/c1-31(2,18-32)26-8-6-22(16-35-26)41-28-23-14-20(4-7-24(23)34-17-25(28)38(3)29(41)37-19-33)21-5-9-27(36-15-21)39-10-12-40(13-11-39)30(42)43/h4-9,14-17H,10-13H2,1-3H3,(H,42,43). The summed E-state index contributed by atoms with van der Waals surface area (Å²) in [6.07, 6.45) is 6.31. The van der Waals surface area contributed by atoms with Crippen LogP contribution in [-0.2, 0) is 12.5 Å². The summed E-state index contributed by atoms with van der Waals surface area (Å²) in [5.41, 5.74) is 5.25. The largest absolute Gasteiger partial charge is 0.465 e. The molecule has 0 atom stereocenters. The summed E-state index contributed by atoms with van der Waals surface area (Å²) in [4.78, 5) is 32.8. The zero-order chi connectivity index (χ0) is 30.3. The number of imidazole rings is 1. The minimum absolute atomic E-state index is 0.417. The van der Waals surface area contributed by atoms with Gasteiger partial charge in [0, 0.05) is 50.4 Å². The number of rotatable bonds is 4. The number of hydrogen-bond acceptors (Lipinski definition) is 8. The Morgan fingerprint density at radius 3 is 2.35 bits per heavy atom. The molecule has 12 heteroatoms. The molecule has 1 aliphatic rings. The van der Waals surface area contributed by atoms with Crippen LogP contribution in [0.5, 0.6) is 0 Å². The fourth-order valence-electron chi connectivity index (χ4n) is 5.42. The molecule has 4 aromatic heterocycles. The Hall–Kier alpha value is -5.75. The number of nitriles is 2. The van der Waals surface area contributed by atoms with Gasteiger partial charge in [0.2, 0.25) is 11.8 Å². The number of hydrogen-bond donors (Lipinski definition) is 1. The highest BCUT2D eigenvalue weighted by molar-refractivity contribution is 6.04. The van der Waals surface area contributed by atoms with Crippen molar-refractivity contribution in [1.82, 2.24) is 29.0 Å². The maximum atomic E-state index is 11.2. The lowest BCUT2D eigenvalue weighted by molar-refractivity contribution is 0.142. The van der Waals surface area contributed by atoms with Crippen LogP contribution in [0.25, 0.3) is 38.8 Å². The second-order valence-electron chi connectivity index (χ2n) is 10.9. The average molecular weight is 573 g/mol. The highest BCUT2D eigenvalue weighted by Crippen LogP contribution is 2.31. The first-order chi connectivity index (χ1) is 20.7. The molecule has 1 fully saturated rings. The van der Waals surface area contributed by atoms with Crippen LogP contribution < -0.4 is 10.5 Å². The van der Waals surface area contributed by atoms with Gasteiger partial charge in [0.1, 0.15) is 5.82 Å². The minimum atomic E-state index is -0.896. The first kappa shape index (κ1) is 27.4. The van der Waals surface area contributed by atoms with Crippen molar-refractivity contribution >= 4 is 33.8 Å².